The van der Waals surface area contributed by atoms with Gasteiger partial charge in [-0.3, -0.25) is 4.68 Å². The number of nitrogens with zero attached hydrogens (tertiary/aromatic N) is 2. The first-order chi connectivity index (χ1) is 9.52. The standard InChI is InChI=1S/C15H19N3O2/c1-4-20-15(19)14-13(16)9-18(17-14)8-12-10(2)6-5-7-11(12)3/h5-7,9H,4,8,16H2,1-3H3. The van der Waals surface area contributed by atoms with Gasteiger partial charge in [-0.2, -0.15) is 5.10 Å². The Bertz CT molecular complexity index is 612. The normalized spacial score (nSPS) is 10.6. The molecule has 0 amide bonds. The fourth-order valence-electron chi connectivity index (χ4n) is 2.14. The third-order valence-electron chi connectivity index (χ3n) is 3.22. The van der Waals surface area contributed by atoms with Crippen LogP contribution in [0, 0.1) is 13.8 Å². The van der Waals surface area contributed by atoms with Crippen molar-refractivity contribution in [3.63, 3.8) is 0 Å². The lowest BCUT2D eigenvalue weighted by Gasteiger charge is -2.09. The molecule has 0 saturated carbocycles. The van der Waals surface area contributed by atoms with Gasteiger partial charge in [0.05, 0.1) is 18.8 Å². The van der Waals surface area contributed by atoms with E-state index >= 15 is 0 Å². The van der Waals surface area contributed by atoms with Crippen molar-refractivity contribution in [1.29, 1.82) is 0 Å². The molecule has 0 spiro atoms. The van der Waals surface area contributed by atoms with Crippen LogP contribution in [0.2, 0.25) is 0 Å². The van der Waals surface area contributed by atoms with Crippen LogP contribution in [0.25, 0.3) is 0 Å². The number of carbonyl (C=O) groups is 1. The number of hydrogen-bond acceptors (Lipinski definition) is 4. The van der Waals surface area contributed by atoms with E-state index in [0.717, 1.165) is 0 Å². The van der Waals surface area contributed by atoms with Crippen molar-refractivity contribution in [3.8, 4) is 0 Å². The molecular weight excluding hydrogens is 254 g/mol. The molecule has 2 rings (SSSR count). The van der Waals surface area contributed by atoms with Crippen LogP contribution in [0.5, 0.6) is 0 Å². The third kappa shape index (κ3) is 2.82. The average Bonchev–Trinajstić information content (AvgIpc) is 2.75. The number of aromatic nitrogens is 2. The van der Waals surface area contributed by atoms with Crippen LogP contribution in [0.1, 0.15) is 34.1 Å². The summed E-state index contributed by atoms with van der Waals surface area (Å²) in [6.07, 6.45) is 1.66. The summed E-state index contributed by atoms with van der Waals surface area (Å²) in [5.74, 6) is -0.481. The van der Waals surface area contributed by atoms with Gasteiger partial charge >= 0.3 is 5.97 Å². The van der Waals surface area contributed by atoms with E-state index in [-0.39, 0.29) is 5.69 Å². The van der Waals surface area contributed by atoms with Crippen LogP contribution in [-0.4, -0.2) is 22.4 Å². The minimum Gasteiger partial charge on any atom is -0.461 e. The maximum Gasteiger partial charge on any atom is 0.361 e. The second-order valence-corrected chi connectivity index (χ2v) is 4.72. The first-order valence-corrected chi connectivity index (χ1v) is 6.58. The average molecular weight is 273 g/mol. The Morgan fingerprint density at radius 3 is 2.60 bits per heavy atom. The first-order valence-electron chi connectivity index (χ1n) is 6.58. The zero-order valence-electron chi connectivity index (χ0n) is 12.0. The van der Waals surface area contributed by atoms with Gasteiger partial charge in [-0.05, 0) is 37.5 Å². The summed E-state index contributed by atoms with van der Waals surface area (Å²) in [5.41, 5.74) is 9.91. The SMILES string of the molecule is CCOC(=O)c1nn(Cc2c(C)cccc2C)cc1N. The fraction of sp³-hybridized carbons (Fsp3) is 0.333. The molecule has 0 aliphatic rings. The molecule has 0 aliphatic heterocycles. The van der Waals surface area contributed by atoms with Crippen molar-refractivity contribution in [2.45, 2.75) is 27.3 Å². The highest BCUT2D eigenvalue weighted by atomic mass is 16.5. The summed E-state index contributed by atoms with van der Waals surface area (Å²) in [6, 6.07) is 6.14. The molecule has 0 fully saturated rings. The molecule has 0 saturated heterocycles. The summed E-state index contributed by atoms with van der Waals surface area (Å²) in [6.45, 7) is 6.76. The minimum absolute atomic E-state index is 0.179. The zero-order valence-corrected chi connectivity index (χ0v) is 12.0. The van der Waals surface area contributed by atoms with E-state index in [1.807, 2.05) is 6.07 Å². The van der Waals surface area contributed by atoms with E-state index < -0.39 is 5.97 Å². The highest BCUT2D eigenvalue weighted by Crippen LogP contribution is 2.17. The molecule has 0 aliphatic carbocycles. The van der Waals surface area contributed by atoms with E-state index in [1.54, 1.807) is 17.8 Å². The van der Waals surface area contributed by atoms with Crippen molar-refractivity contribution < 1.29 is 9.53 Å². The van der Waals surface area contributed by atoms with Crippen LogP contribution < -0.4 is 5.73 Å². The van der Waals surface area contributed by atoms with Gasteiger partial charge in [0.25, 0.3) is 0 Å². The van der Waals surface area contributed by atoms with E-state index in [4.69, 9.17) is 10.5 Å². The van der Waals surface area contributed by atoms with Crippen LogP contribution in [-0.2, 0) is 11.3 Å². The second-order valence-electron chi connectivity index (χ2n) is 4.72. The number of nitrogen functional groups attached to an aromatic ring is 1. The van der Waals surface area contributed by atoms with Crippen molar-refractivity contribution in [2.24, 2.45) is 0 Å². The van der Waals surface area contributed by atoms with E-state index in [1.165, 1.54) is 16.7 Å². The molecule has 20 heavy (non-hydrogen) atoms. The molecule has 0 unspecified atom stereocenters. The van der Waals surface area contributed by atoms with Gasteiger partial charge in [0.2, 0.25) is 0 Å². The topological polar surface area (TPSA) is 70.1 Å². The van der Waals surface area contributed by atoms with E-state index in [0.29, 0.717) is 18.8 Å². The molecule has 0 radical (unpaired) electrons. The predicted molar refractivity (Wildman–Crippen MR) is 77.6 cm³/mol. The number of benzene rings is 1. The lowest BCUT2D eigenvalue weighted by Crippen LogP contribution is -2.09. The van der Waals surface area contributed by atoms with Gasteiger partial charge in [-0.15, -0.1) is 0 Å². The largest absolute Gasteiger partial charge is 0.461 e. The number of ether oxygens (including phenoxy) is 1. The van der Waals surface area contributed by atoms with Gasteiger partial charge < -0.3 is 10.5 Å². The molecule has 2 aromatic rings. The predicted octanol–water partition coefficient (Wildman–Crippen LogP) is 2.31. The van der Waals surface area contributed by atoms with Gasteiger partial charge in [-0.1, -0.05) is 18.2 Å². The highest BCUT2D eigenvalue weighted by Gasteiger charge is 2.16. The number of carbonyl (C=O) groups excluding carboxylic acids is 1. The Kier molecular flexibility index (Phi) is 4.08. The molecule has 1 aromatic carbocycles. The number of aryl methyl sites for hydroxylation is 2. The summed E-state index contributed by atoms with van der Waals surface area (Å²) in [4.78, 5) is 11.7. The summed E-state index contributed by atoms with van der Waals surface area (Å²) < 4.78 is 6.60. The second kappa shape index (κ2) is 5.77. The zero-order chi connectivity index (χ0) is 14.7. The molecule has 2 N–H and O–H groups in total. The molecule has 5 heteroatoms. The monoisotopic (exact) mass is 273 g/mol. The number of nitrogens with two attached hydrogens (primary N) is 1. The molecule has 5 nitrogen and oxygen atoms in total. The van der Waals surface area contributed by atoms with E-state index in [2.05, 4.69) is 31.1 Å². The van der Waals surface area contributed by atoms with Crippen LogP contribution in [0.15, 0.2) is 24.4 Å². The quantitative estimate of drug-likeness (QED) is 0.868. The number of esters is 1. The van der Waals surface area contributed by atoms with Crippen molar-refractivity contribution in [1.82, 2.24) is 9.78 Å². The minimum atomic E-state index is -0.481. The number of anilines is 1. The van der Waals surface area contributed by atoms with Crippen molar-refractivity contribution in [2.75, 3.05) is 12.3 Å². The van der Waals surface area contributed by atoms with Crippen LogP contribution in [0.4, 0.5) is 5.69 Å². The maximum atomic E-state index is 11.7. The smallest absolute Gasteiger partial charge is 0.361 e. The Hall–Kier alpha value is -2.30. The van der Waals surface area contributed by atoms with E-state index in [9.17, 15) is 4.79 Å². The van der Waals surface area contributed by atoms with Gasteiger partial charge in [0, 0.05) is 6.20 Å². The van der Waals surface area contributed by atoms with Gasteiger partial charge in [0.1, 0.15) is 0 Å². The fourth-order valence-corrected chi connectivity index (χ4v) is 2.14. The Morgan fingerprint density at radius 2 is 2.00 bits per heavy atom. The lowest BCUT2D eigenvalue weighted by atomic mass is 10.0. The van der Waals surface area contributed by atoms with Gasteiger partial charge in [-0.25, -0.2) is 4.79 Å². The maximum absolute atomic E-state index is 11.7. The summed E-state index contributed by atoms with van der Waals surface area (Å²) in [7, 11) is 0. The van der Waals surface area contributed by atoms with Crippen LogP contribution >= 0.6 is 0 Å². The molecule has 1 aromatic heterocycles. The van der Waals surface area contributed by atoms with Crippen molar-refractivity contribution in [3.05, 3.63) is 46.8 Å². The summed E-state index contributed by atoms with van der Waals surface area (Å²) >= 11 is 0. The Morgan fingerprint density at radius 1 is 1.35 bits per heavy atom. The molecule has 106 valence electrons. The molecular formula is C15H19N3O2. The lowest BCUT2D eigenvalue weighted by molar-refractivity contribution is 0.0519. The number of hydrogen-bond donors (Lipinski definition) is 1. The van der Waals surface area contributed by atoms with Crippen molar-refractivity contribution >= 4 is 11.7 Å². The Labute approximate surface area is 118 Å². The molecule has 1 heterocycles. The molecule has 0 atom stereocenters. The Balaban J connectivity index is 2.27. The summed E-state index contributed by atoms with van der Waals surface area (Å²) in [5, 5.41) is 4.22. The first kappa shape index (κ1) is 14.1. The van der Waals surface area contributed by atoms with Gasteiger partial charge in [0.15, 0.2) is 5.69 Å². The highest BCUT2D eigenvalue weighted by molar-refractivity contribution is 5.92. The number of rotatable bonds is 4. The van der Waals surface area contributed by atoms with Crippen LogP contribution in [0.3, 0.4) is 0 Å². The third-order valence-corrected chi connectivity index (χ3v) is 3.22. The molecule has 0 bridgehead atoms.